The summed E-state index contributed by atoms with van der Waals surface area (Å²) in [5, 5.41) is 18.1. The van der Waals surface area contributed by atoms with E-state index in [1.165, 1.54) is 11.8 Å². The molecule has 17 heteroatoms. The van der Waals surface area contributed by atoms with Crippen molar-refractivity contribution in [3.63, 3.8) is 0 Å². The van der Waals surface area contributed by atoms with Crippen LogP contribution in [0.4, 0.5) is 13.2 Å². The van der Waals surface area contributed by atoms with Crippen molar-refractivity contribution < 1.29 is 68.4 Å². The minimum atomic E-state index is -4.69. The maximum Gasteiger partial charge on any atom is 1.00 e. The van der Waals surface area contributed by atoms with Gasteiger partial charge in [-0.1, -0.05) is 11.8 Å². The van der Waals surface area contributed by atoms with E-state index in [1.54, 1.807) is 11.0 Å². The van der Waals surface area contributed by atoms with Crippen LogP contribution in [-0.4, -0.2) is 88.9 Å². The van der Waals surface area contributed by atoms with Crippen LogP contribution in [0.1, 0.15) is 26.5 Å². The second-order valence-corrected chi connectivity index (χ2v) is 11.0. The number of nitrogens with one attached hydrogen (secondary N) is 1. The molecule has 1 saturated carbocycles. The Morgan fingerprint density at radius 2 is 2.00 bits per heavy atom. The summed E-state index contributed by atoms with van der Waals surface area (Å²) in [5.74, 6) is -3.92. The van der Waals surface area contributed by atoms with Gasteiger partial charge in [0.05, 0.1) is 5.75 Å². The molecule has 0 bridgehead atoms. The van der Waals surface area contributed by atoms with E-state index < -0.39 is 41.2 Å². The molecule has 38 heavy (non-hydrogen) atoms. The summed E-state index contributed by atoms with van der Waals surface area (Å²) >= 11 is 1.99. The second kappa shape index (κ2) is 10.9. The van der Waals surface area contributed by atoms with Crippen molar-refractivity contribution in [3.8, 4) is 0 Å². The smallest absolute Gasteiger partial charge is 1.00 e. The summed E-state index contributed by atoms with van der Waals surface area (Å²) in [4.78, 5) is 52.9. The van der Waals surface area contributed by atoms with Gasteiger partial charge in [0.25, 0.3) is 5.91 Å². The average molecular weight is 583 g/mol. The molecule has 3 amide bonds. The predicted molar refractivity (Wildman–Crippen MR) is 125 cm³/mol. The van der Waals surface area contributed by atoms with Crippen molar-refractivity contribution in [2.75, 3.05) is 18.1 Å². The summed E-state index contributed by atoms with van der Waals surface area (Å²) in [6.45, 7) is 0.599. The normalized spacial score (nSPS) is 24.4. The zero-order chi connectivity index (χ0) is 26.6. The second-order valence-electron chi connectivity index (χ2n) is 8.93. The zero-order valence-corrected chi connectivity index (χ0v) is 24.0. The number of aromatic nitrogens is 3. The number of alkyl halides is 3. The number of carbonyl (C=O) groups excluding carboxylic acids is 3. The molecule has 1 aromatic rings. The minimum absolute atomic E-state index is 0. The number of aliphatic carboxylic acids is 1. The van der Waals surface area contributed by atoms with Crippen LogP contribution in [0.5, 0.6) is 0 Å². The number of likely N-dealkylation sites (tertiary alicyclic amines) is 1. The number of hydrogen-bond donors (Lipinski definition) is 2. The maximum atomic E-state index is 12.9. The summed E-state index contributed by atoms with van der Waals surface area (Å²) in [6.07, 6.45) is -0.653. The first-order valence-electron chi connectivity index (χ1n) is 11.3. The Kier molecular flexibility index (Phi) is 8.29. The summed E-state index contributed by atoms with van der Waals surface area (Å²) < 4.78 is 39.3. The van der Waals surface area contributed by atoms with Gasteiger partial charge in [-0.05, 0) is 30.9 Å². The number of nitrogens with zero attached hydrogens (tertiary/aromatic N) is 5. The predicted octanol–water partition coefficient (Wildman–Crippen LogP) is -1.90. The number of fused-ring (bicyclic) bond motifs is 1. The first-order valence-corrected chi connectivity index (χ1v) is 13.3. The van der Waals surface area contributed by atoms with Crippen LogP contribution in [-0.2, 0) is 32.4 Å². The fourth-order valence-electron chi connectivity index (χ4n) is 4.50. The van der Waals surface area contributed by atoms with Crippen molar-refractivity contribution in [2.24, 2.45) is 7.05 Å². The molecular weight excluding hydrogens is 560 g/mol. The summed E-state index contributed by atoms with van der Waals surface area (Å²) in [5.41, 5.74) is 0.677. The van der Waals surface area contributed by atoms with E-state index >= 15 is 0 Å². The van der Waals surface area contributed by atoms with Gasteiger partial charge in [-0.25, -0.2) is 4.79 Å². The van der Waals surface area contributed by atoms with E-state index in [9.17, 15) is 37.5 Å². The molecule has 2 atom stereocenters. The number of thioether (sulfide) groups is 2. The van der Waals surface area contributed by atoms with E-state index in [0.717, 1.165) is 41.1 Å². The fraction of sp³-hybridized carbons (Fsp3) is 0.524. The van der Waals surface area contributed by atoms with Gasteiger partial charge < -0.3 is 21.3 Å². The first-order chi connectivity index (χ1) is 17.5. The van der Waals surface area contributed by atoms with Crippen molar-refractivity contribution in [3.05, 3.63) is 28.7 Å². The van der Waals surface area contributed by atoms with Crippen LogP contribution in [0.3, 0.4) is 0 Å². The third-order valence-corrected chi connectivity index (χ3v) is 8.75. The number of amides is 3. The van der Waals surface area contributed by atoms with Gasteiger partial charge >= 0.3 is 41.7 Å². The monoisotopic (exact) mass is 582 g/mol. The number of β-lactam (4-membered cyclic amide) rings is 1. The van der Waals surface area contributed by atoms with Gasteiger partial charge in [0.2, 0.25) is 17.6 Å². The molecule has 3 aliphatic heterocycles. The number of hydrogen-bond acceptors (Lipinski definition) is 8. The van der Waals surface area contributed by atoms with Gasteiger partial charge in [0.1, 0.15) is 17.1 Å². The van der Waals surface area contributed by atoms with Gasteiger partial charge in [-0.15, -0.1) is 22.0 Å². The van der Waals surface area contributed by atoms with Crippen LogP contribution < -0.4 is 34.9 Å². The van der Waals surface area contributed by atoms with E-state index in [4.69, 9.17) is 0 Å². The molecule has 11 nitrogen and oxygen atoms in total. The molecule has 5 rings (SSSR count). The van der Waals surface area contributed by atoms with Crippen LogP contribution in [0.15, 0.2) is 28.1 Å². The van der Waals surface area contributed by atoms with E-state index in [2.05, 4.69) is 15.5 Å². The topological polar surface area (TPSA) is 138 Å². The van der Waals surface area contributed by atoms with Crippen LogP contribution >= 0.6 is 23.5 Å². The SMILES string of the molecule is Cn1c(SCC(=O)N[C@@H]2C(=O)N3C(C(=O)O)=C(/C=C4\CCN(C5CC5)C4=O)CS[C@H]23)nnc1C(F)(F)F.[H-].[Na+]. The van der Waals surface area contributed by atoms with Gasteiger partial charge in [0, 0.05) is 31.0 Å². The molecule has 4 heterocycles. The number of carbonyl (C=O) groups is 4. The Hall–Kier alpha value is -2.01. The fourth-order valence-corrected chi connectivity index (χ4v) is 6.53. The molecule has 4 aliphatic rings. The maximum absolute atomic E-state index is 12.9. The number of halogens is 3. The van der Waals surface area contributed by atoms with Gasteiger partial charge in [-0.2, -0.15) is 13.2 Å². The van der Waals surface area contributed by atoms with Crippen LogP contribution in [0.2, 0.25) is 0 Å². The van der Waals surface area contributed by atoms with Crippen molar-refractivity contribution in [1.29, 1.82) is 0 Å². The quantitative estimate of drug-likeness (QED) is 0.164. The number of rotatable bonds is 7. The third-order valence-electron chi connectivity index (χ3n) is 6.43. The standard InChI is InChI=1S/C21H21F3N6O5S2.Na.H/c1-28-19(21(22,23)24)26-27-20(28)37-8-12(31)25-13-16(33)30-14(18(34)35)10(7-36-17(13)30)6-9-4-5-29(15(9)32)11-2-3-11;;/h6,11,13,17H,2-5,7-8H2,1H3,(H,25,31)(H,34,35);;/q;+1;-1/b9-6+;;/t13-,17-;;/m1../s1. The molecule has 0 unspecified atom stereocenters. The molecule has 2 saturated heterocycles. The first kappa shape index (κ1) is 29.0. The Labute approximate surface area is 246 Å². The number of carboxylic acids is 1. The number of carboxylic acid groups (broad SMARTS) is 1. The molecule has 1 aliphatic carbocycles. The van der Waals surface area contributed by atoms with Gasteiger partial charge in [0.15, 0.2) is 5.16 Å². The Bertz CT molecular complexity index is 1270. The molecule has 1 aromatic heterocycles. The summed E-state index contributed by atoms with van der Waals surface area (Å²) in [7, 11) is 1.13. The molecule has 0 radical (unpaired) electrons. The molecule has 0 aromatic carbocycles. The van der Waals surface area contributed by atoms with E-state index in [1.807, 2.05) is 0 Å². The Morgan fingerprint density at radius 1 is 1.29 bits per heavy atom. The van der Waals surface area contributed by atoms with Crippen molar-refractivity contribution in [2.45, 2.75) is 48.1 Å². The Balaban J connectivity index is 0.00000210. The number of allylic oxidation sites excluding steroid dienone is 1. The van der Waals surface area contributed by atoms with Crippen molar-refractivity contribution in [1.82, 2.24) is 29.9 Å². The average Bonchev–Trinajstić information content (AvgIpc) is 3.51. The Morgan fingerprint density at radius 3 is 2.61 bits per heavy atom. The minimum Gasteiger partial charge on any atom is -1.00 e. The molecule has 3 fully saturated rings. The molecular formula is C21H22F3N6NaO5S2. The largest absolute Gasteiger partial charge is 1.00 e. The van der Waals surface area contributed by atoms with E-state index in [-0.39, 0.29) is 65.3 Å². The zero-order valence-electron chi connectivity index (χ0n) is 21.3. The van der Waals surface area contributed by atoms with Crippen LogP contribution in [0, 0.1) is 0 Å². The van der Waals surface area contributed by atoms with Crippen LogP contribution in [0.25, 0.3) is 0 Å². The molecule has 200 valence electrons. The summed E-state index contributed by atoms with van der Waals surface area (Å²) in [6, 6.07) is -0.721. The van der Waals surface area contributed by atoms with Gasteiger partial charge in [-0.3, -0.25) is 19.3 Å². The molecule has 0 spiro atoms. The molecule has 2 N–H and O–H groups in total. The van der Waals surface area contributed by atoms with E-state index in [0.29, 0.717) is 24.1 Å². The third kappa shape index (κ3) is 5.37. The van der Waals surface area contributed by atoms with Crippen molar-refractivity contribution >= 4 is 47.2 Å².